The van der Waals surface area contributed by atoms with Gasteiger partial charge >= 0.3 is 0 Å². The van der Waals surface area contributed by atoms with Crippen molar-refractivity contribution in [3.05, 3.63) is 17.9 Å². The van der Waals surface area contributed by atoms with E-state index in [2.05, 4.69) is 20.8 Å². The van der Waals surface area contributed by atoms with Gasteiger partial charge in [-0.2, -0.15) is 0 Å². The average molecular weight is 607 g/mol. The second-order valence-corrected chi connectivity index (χ2v) is 20.3. The molecule has 0 radical (unpaired) electrons. The first-order valence-electron chi connectivity index (χ1n) is 15.1. The summed E-state index contributed by atoms with van der Waals surface area (Å²) in [4.78, 5) is 10.8. The Kier molecular flexibility index (Phi) is 16.2. The van der Waals surface area contributed by atoms with E-state index in [4.69, 9.17) is 10.2 Å². The van der Waals surface area contributed by atoms with Crippen molar-refractivity contribution in [2.24, 2.45) is 5.73 Å². The minimum absolute atomic E-state index is 0.230. The molecule has 228 valence electrons. The number of unbranched alkanes of at least 4 members (excludes halogenated alkanes) is 9. The molecule has 1 aromatic heterocycles. The number of amides is 1. The number of rotatable bonds is 23. The molecule has 0 saturated heterocycles. The van der Waals surface area contributed by atoms with Crippen LogP contribution in [0, 0.1) is 0 Å². The number of sulfonamides is 2. The fraction of sp³-hybridized carbons (Fsp3) is 0.821. The summed E-state index contributed by atoms with van der Waals surface area (Å²) in [5.41, 5.74) is 5.92. The second-order valence-electron chi connectivity index (χ2n) is 10.6. The molecule has 11 heteroatoms. The van der Waals surface area contributed by atoms with E-state index >= 15 is 0 Å². The first kappa shape index (κ1) is 35.9. The summed E-state index contributed by atoms with van der Waals surface area (Å²) in [6.45, 7) is 9.48. The lowest BCUT2D eigenvalue weighted by atomic mass is 10.0. The highest BCUT2D eigenvalue weighted by Gasteiger charge is 2.43. The van der Waals surface area contributed by atoms with Crippen LogP contribution in [-0.2, 0) is 24.8 Å². The Morgan fingerprint density at radius 2 is 1.23 bits per heavy atom. The summed E-state index contributed by atoms with van der Waals surface area (Å²) in [6, 6.07) is 3.92. The highest BCUT2D eigenvalue weighted by Crippen LogP contribution is 2.35. The van der Waals surface area contributed by atoms with E-state index < -0.39 is 34.2 Å². The molecule has 0 spiro atoms. The van der Waals surface area contributed by atoms with Gasteiger partial charge in [-0.1, -0.05) is 100 Å². The highest BCUT2D eigenvalue weighted by molar-refractivity contribution is 8.04. The number of hydrogen-bond donors (Lipinski definition) is 1. The molecule has 0 bridgehead atoms. The summed E-state index contributed by atoms with van der Waals surface area (Å²) in [5, 5.41) is 0.860. The molecule has 0 aliphatic rings. The third-order valence-corrected chi connectivity index (χ3v) is 18.1. The van der Waals surface area contributed by atoms with Gasteiger partial charge in [-0.3, -0.25) is 4.79 Å². The van der Waals surface area contributed by atoms with Crippen LogP contribution in [0.5, 0.6) is 0 Å². The van der Waals surface area contributed by atoms with Gasteiger partial charge in [0, 0.05) is 12.0 Å². The van der Waals surface area contributed by atoms with Gasteiger partial charge in [-0.05, 0) is 32.8 Å². The van der Waals surface area contributed by atoms with E-state index in [0.717, 1.165) is 97.0 Å². The molecular weight excluding hydrogens is 553 g/mol. The van der Waals surface area contributed by atoms with Crippen molar-refractivity contribution in [3.8, 4) is 0 Å². The minimum atomic E-state index is -4.01. The lowest BCUT2D eigenvalue weighted by molar-refractivity contribution is -0.118. The zero-order chi connectivity index (χ0) is 29.5. The van der Waals surface area contributed by atoms with Crippen LogP contribution >= 0.6 is 0 Å². The normalized spacial score (nSPS) is 13.7. The van der Waals surface area contributed by atoms with Crippen LogP contribution in [0.25, 0.3) is 0 Å². The van der Waals surface area contributed by atoms with Crippen LogP contribution < -0.4 is 11.1 Å². The van der Waals surface area contributed by atoms with Crippen LogP contribution in [0.2, 0.25) is 18.1 Å². The van der Waals surface area contributed by atoms with E-state index in [1.807, 2.05) is 6.07 Å². The molecule has 1 rings (SSSR count). The van der Waals surface area contributed by atoms with Gasteiger partial charge in [0.1, 0.15) is 8.07 Å². The summed E-state index contributed by atoms with van der Waals surface area (Å²) in [6.07, 6.45) is 12.8. The number of nitrogens with two attached hydrogens (primary N) is 1. The first-order valence-corrected chi connectivity index (χ1v) is 20.9. The summed E-state index contributed by atoms with van der Waals surface area (Å²) in [5.74, 6) is -0.765. The summed E-state index contributed by atoms with van der Waals surface area (Å²) >= 11 is 0. The van der Waals surface area contributed by atoms with Crippen molar-refractivity contribution in [1.29, 1.82) is 0 Å². The van der Waals surface area contributed by atoms with Crippen LogP contribution in [0.15, 0.2) is 16.7 Å². The van der Waals surface area contributed by atoms with Crippen molar-refractivity contribution in [1.82, 2.24) is 3.71 Å². The number of primary amides is 1. The average Bonchev–Trinajstić information content (AvgIpc) is 3.39. The summed E-state index contributed by atoms with van der Waals surface area (Å²) in [7, 11) is -10.1. The minimum Gasteiger partial charge on any atom is -0.474 e. The van der Waals surface area contributed by atoms with E-state index in [-0.39, 0.29) is 17.4 Å². The predicted molar refractivity (Wildman–Crippen MR) is 164 cm³/mol. The monoisotopic (exact) mass is 606 g/mol. The molecule has 0 aliphatic heterocycles. The van der Waals surface area contributed by atoms with Gasteiger partial charge in [0.25, 0.3) is 0 Å². The molecule has 1 atom stereocenters. The zero-order valence-corrected chi connectivity index (χ0v) is 27.7. The van der Waals surface area contributed by atoms with Crippen molar-refractivity contribution in [2.75, 3.05) is 11.5 Å². The third kappa shape index (κ3) is 10.6. The predicted octanol–water partition coefficient (Wildman–Crippen LogP) is 6.20. The fourth-order valence-corrected chi connectivity index (χ4v) is 12.9. The largest absolute Gasteiger partial charge is 0.474 e. The quantitative estimate of drug-likeness (QED) is 0.117. The van der Waals surface area contributed by atoms with E-state index in [0.29, 0.717) is 12.8 Å². The third-order valence-electron chi connectivity index (χ3n) is 8.25. The van der Waals surface area contributed by atoms with Crippen molar-refractivity contribution in [3.63, 3.8) is 0 Å². The fourth-order valence-electron chi connectivity index (χ4n) is 5.49. The maximum absolute atomic E-state index is 13.3. The molecule has 1 amide bonds. The van der Waals surface area contributed by atoms with E-state index in [9.17, 15) is 21.6 Å². The summed E-state index contributed by atoms with van der Waals surface area (Å²) < 4.78 is 59.9. The number of carbonyl (C=O) groups is 1. The van der Waals surface area contributed by atoms with Gasteiger partial charge in [-0.15, -0.1) is 0 Å². The zero-order valence-electron chi connectivity index (χ0n) is 25.0. The Balaban J connectivity index is 2.98. The lowest BCUT2D eigenvalue weighted by Gasteiger charge is -2.33. The number of hydrogen-bond acceptors (Lipinski definition) is 6. The highest BCUT2D eigenvalue weighted by atomic mass is 32.3. The molecule has 0 fully saturated rings. The van der Waals surface area contributed by atoms with Crippen molar-refractivity contribution < 1.29 is 26.0 Å². The van der Waals surface area contributed by atoms with Gasteiger partial charge in [0.15, 0.2) is 0 Å². The Hall–Kier alpha value is -1.17. The first-order chi connectivity index (χ1) is 18.5. The number of carbonyl (C=O) groups excluding carboxylic acids is 1. The molecule has 0 aromatic carbocycles. The van der Waals surface area contributed by atoms with Crippen LogP contribution in [0.4, 0.5) is 0 Å². The molecule has 1 unspecified atom stereocenters. The SMILES string of the molecule is CC[Si](CC)(CC)c1occc1C(CCCCCCCCCCCCC(N)=O)N(S(=O)(=O)CC)S(=O)(=O)CC. The Bertz CT molecular complexity index is 1010. The Labute approximate surface area is 239 Å². The van der Waals surface area contributed by atoms with Crippen LogP contribution in [0.1, 0.15) is 123 Å². The topological polar surface area (TPSA) is 128 Å². The molecule has 8 nitrogen and oxygen atoms in total. The van der Waals surface area contributed by atoms with Gasteiger partial charge in [0.2, 0.25) is 26.0 Å². The maximum Gasteiger partial charge on any atom is 0.227 e. The maximum atomic E-state index is 13.3. The number of nitrogens with zero attached hydrogens (tertiary/aromatic N) is 1. The van der Waals surface area contributed by atoms with E-state index in [1.165, 1.54) is 13.8 Å². The van der Waals surface area contributed by atoms with Crippen LogP contribution in [-0.4, -0.2) is 46.0 Å². The Morgan fingerprint density at radius 3 is 1.64 bits per heavy atom. The molecule has 39 heavy (non-hydrogen) atoms. The van der Waals surface area contributed by atoms with Gasteiger partial charge < -0.3 is 10.2 Å². The standard InChI is InChI=1S/C28H54N2O6S2Si/c1-6-37(32,33)30(38(34,35)7-2)26(25-23-24-36-28(25)39(8-3,9-4)10-5)21-19-17-15-13-11-12-14-16-18-20-22-27(29)31/h23-24,26H,6-22H2,1-5H3,(H2,29,31). The smallest absolute Gasteiger partial charge is 0.227 e. The van der Waals surface area contributed by atoms with Crippen molar-refractivity contribution >= 4 is 39.4 Å². The van der Waals surface area contributed by atoms with Crippen LogP contribution in [0.3, 0.4) is 0 Å². The van der Waals surface area contributed by atoms with Crippen molar-refractivity contribution in [2.45, 2.75) is 136 Å². The second kappa shape index (κ2) is 17.6. The van der Waals surface area contributed by atoms with Gasteiger partial charge in [0.05, 0.1) is 29.2 Å². The Morgan fingerprint density at radius 1 is 0.795 bits per heavy atom. The molecular formula is C28H54N2O6S2Si. The molecule has 0 saturated carbocycles. The number of furan rings is 1. The van der Waals surface area contributed by atoms with Gasteiger partial charge in [-0.25, -0.2) is 16.8 Å². The molecule has 1 heterocycles. The van der Waals surface area contributed by atoms with E-state index in [1.54, 1.807) is 6.26 Å². The lowest BCUT2D eigenvalue weighted by Crippen LogP contribution is -2.49. The molecule has 0 aliphatic carbocycles. The molecule has 1 aromatic rings. The molecule has 2 N–H and O–H groups in total.